The Bertz CT molecular complexity index is 419. The predicted molar refractivity (Wildman–Crippen MR) is 95.3 cm³/mol. The summed E-state index contributed by atoms with van der Waals surface area (Å²) in [5.74, 6) is 0.970. The third-order valence-electron chi connectivity index (χ3n) is 2.71. The largest absolute Gasteiger partial charge is 0.491 e. The summed E-state index contributed by atoms with van der Waals surface area (Å²) in [5.41, 5.74) is 1.26. The van der Waals surface area contributed by atoms with Gasteiger partial charge in [0.05, 0.1) is 19.9 Å². The number of halogens is 2. The van der Waals surface area contributed by atoms with E-state index in [1.54, 1.807) is 0 Å². The van der Waals surface area contributed by atoms with Crippen molar-refractivity contribution in [1.82, 2.24) is 0 Å². The Morgan fingerprint density at radius 3 is 2.68 bits per heavy atom. The minimum absolute atomic E-state index is 0.108. The Hall–Kier alpha value is 0.830. The molecule has 0 amide bonds. The second-order valence-electron chi connectivity index (χ2n) is 4.54. The average Bonchev–Trinajstić information content (AvgIpc) is 2.32. The maximum absolute atomic E-state index is 5.89. The van der Waals surface area contributed by atoms with Crippen molar-refractivity contribution >= 4 is 54.0 Å². The number of ether oxygens (including phenoxy) is 2. The molecule has 6 heteroatoms. The Morgan fingerprint density at radius 1 is 1.37 bits per heavy atom. The second kappa shape index (κ2) is 7.73. The molecule has 0 radical (unpaired) electrons. The number of benzene rings is 1. The smallest absolute Gasteiger partial charge is 0.164 e. The van der Waals surface area contributed by atoms with E-state index < -0.39 is 0 Å². The van der Waals surface area contributed by atoms with E-state index in [1.165, 1.54) is 5.56 Å². The van der Waals surface area contributed by atoms with Crippen LogP contribution in [0.4, 0.5) is 0 Å². The van der Waals surface area contributed by atoms with E-state index in [2.05, 4.69) is 71.2 Å². The lowest BCUT2D eigenvalue weighted by molar-refractivity contribution is -0.121. The molecule has 0 N–H and O–H groups in total. The van der Waals surface area contributed by atoms with Gasteiger partial charge < -0.3 is 14.0 Å². The van der Waals surface area contributed by atoms with Gasteiger partial charge in [0, 0.05) is 21.4 Å². The summed E-state index contributed by atoms with van der Waals surface area (Å²) in [6.45, 7) is 4.81. The first-order valence-corrected chi connectivity index (χ1v) is 9.46. The molecule has 106 valence electrons. The summed E-state index contributed by atoms with van der Waals surface area (Å²) < 4.78 is 19.5. The van der Waals surface area contributed by atoms with Crippen molar-refractivity contribution in [3.05, 3.63) is 24.8 Å². The molecule has 1 aliphatic heterocycles. The quantitative estimate of drug-likeness (QED) is 0.450. The SMILES string of the molecule is Cc1cc(I)c(OCCC2OPCC(C)O2)c(I)c1. The van der Waals surface area contributed by atoms with Gasteiger partial charge in [0.25, 0.3) is 0 Å². The predicted octanol–water partition coefficient (Wildman–Crippen LogP) is 4.33. The van der Waals surface area contributed by atoms with Gasteiger partial charge in [-0.1, -0.05) is 0 Å². The standard InChI is InChI=1S/C13H17I2O3P/c1-8-5-10(14)13(11(15)6-8)16-4-3-12-17-9(2)7-19-18-12/h5-6,9,12,19H,3-4,7H2,1-2H3. The van der Waals surface area contributed by atoms with Crippen LogP contribution in [0.25, 0.3) is 0 Å². The molecule has 0 saturated carbocycles. The van der Waals surface area contributed by atoms with Gasteiger partial charge in [0.2, 0.25) is 0 Å². The van der Waals surface area contributed by atoms with Crippen molar-refractivity contribution < 1.29 is 14.0 Å². The van der Waals surface area contributed by atoms with Gasteiger partial charge in [-0.25, -0.2) is 0 Å². The molecular formula is C13H17I2O3P. The molecule has 1 aliphatic rings. The van der Waals surface area contributed by atoms with Crippen molar-refractivity contribution in [3.63, 3.8) is 0 Å². The second-order valence-corrected chi connectivity index (χ2v) is 7.79. The summed E-state index contributed by atoms with van der Waals surface area (Å²) in [7, 11) is 0.550. The lowest BCUT2D eigenvalue weighted by Gasteiger charge is -2.27. The van der Waals surface area contributed by atoms with Crippen LogP contribution in [0.3, 0.4) is 0 Å². The average molecular weight is 506 g/mol. The van der Waals surface area contributed by atoms with Gasteiger partial charge in [-0.3, -0.25) is 0 Å². The first kappa shape index (κ1) is 16.2. The van der Waals surface area contributed by atoms with Crippen LogP contribution >= 0.6 is 54.0 Å². The van der Waals surface area contributed by atoms with Crippen molar-refractivity contribution in [3.8, 4) is 5.75 Å². The van der Waals surface area contributed by atoms with Crippen LogP contribution in [0.2, 0.25) is 0 Å². The maximum Gasteiger partial charge on any atom is 0.164 e. The Kier molecular flexibility index (Phi) is 6.59. The van der Waals surface area contributed by atoms with Gasteiger partial charge in [-0.05, 0) is 76.7 Å². The highest BCUT2D eigenvalue weighted by molar-refractivity contribution is 14.1. The van der Waals surface area contributed by atoms with Crippen LogP contribution in [0.5, 0.6) is 5.75 Å². The molecule has 1 aromatic carbocycles. The van der Waals surface area contributed by atoms with E-state index >= 15 is 0 Å². The molecule has 1 saturated heterocycles. The fourth-order valence-corrected chi connectivity index (χ4v) is 4.98. The summed E-state index contributed by atoms with van der Waals surface area (Å²) >= 11 is 4.64. The molecule has 1 fully saturated rings. The van der Waals surface area contributed by atoms with Crippen LogP contribution < -0.4 is 4.74 Å². The third-order valence-corrected chi connectivity index (χ3v) is 5.49. The molecule has 2 rings (SSSR count). The molecule has 19 heavy (non-hydrogen) atoms. The number of hydrogen-bond acceptors (Lipinski definition) is 3. The van der Waals surface area contributed by atoms with Crippen LogP contribution in [0.15, 0.2) is 12.1 Å². The van der Waals surface area contributed by atoms with Crippen molar-refractivity contribution in [2.75, 3.05) is 12.8 Å². The number of hydrogen-bond donors (Lipinski definition) is 0. The molecular weight excluding hydrogens is 489 g/mol. The van der Waals surface area contributed by atoms with E-state index in [4.69, 9.17) is 14.0 Å². The first-order valence-electron chi connectivity index (χ1n) is 6.18. The maximum atomic E-state index is 5.89. The summed E-state index contributed by atoms with van der Waals surface area (Å²) in [6, 6.07) is 4.27. The molecule has 0 spiro atoms. The van der Waals surface area contributed by atoms with Crippen LogP contribution in [0.1, 0.15) is 18.9 Å². The summed E-state index contributed by atoms with van der Waals surface area (Å²) in [5, 5.41) is 0. The zero-order valence-corrected chi connectivity index (χ0v) is 16.2. The molecule has 3 atom stereocenters. The summed E-state index contributed by atoms with van der Waals surface area (Å²) in [4.78, 5) is 0. The Morgan fingerprint density at radius 2 is 2.05 bits per heavy atom. The van der Waals surface area contributed by atoms with Crippen LogP contribution in [-0.4, -0.2) is 25.2 Å². The van der Waals surface area contributed by atoms with Crippen LogP contribution in [-0.2, 0) is 9.26 Å². The molecule has 3 unspecified atom stereocenters. The molecule has 0 bridgehead atoms. The Balaban J connectivity index is 1.85. The highest BCUT2D eigenvalue weighted by Gasteiger charge is 2.20. The highest BCUT2D eigenvalue weighted by Crippen LogP contribution is 2.30. The normalized spacial score (nSPS) is 24.6. The lowest BCUT2D eigenvalue weighted by Crippen LogP contribution is -2.28. The number of rotatable bonds is 4. The van der Waals surface area contributed by atoms with E-state index in [0.29, 0.717) is 21.5 Å². The van der Waals surface area contributed by atoms with E-state index in [-0.39, 0.29) is 6.29 Å². The van der Waals surface area contributed by atoms with Gasteiger partial charge in [0.1, 0.15) is 5.75 Å². The highest BCUT2D eigenvalue weighted by atomic mass is 127. The summed E-state index contributed by atoms with van der Waals surface area (Å²) in [6.07, 6.45) is 1.97. The Labute approximate surface area is 143 Å². The number of aryl methyl sites for hydroxylation is 1. The molecule has 1 heterocycles. The first-order chi connectivity index (χ1) is 9.06. The van der Waals surface area contributed by atoms with Crippen molar-refractivity contribution in [2.45, 2.75) is 32.7 Å². The van der Waals surface area contributed by atoms with Crippen molar-refractivity contribution in [1.29, 1.82) is 0 Å². The zero-order valence-electron chi connectivity index (χ0n) is 10.9. The van der Waals surface area contributed by atoms with Gasteiger partial charge >= 0.3 is 0 Å². The minimum Gasteiger partial charge on any atom is -0.491 e. The van der Waals surface area contributed by atoms with Gasteiger partial charge in [0.15, 0.2) is 6.29 Å². The fourth-order valence-electron chi connectivity index (χ4n) is 1.80. The van der Waals surface area contributed by atoms with Crippen LogP contribution in [0, 0.1) is 14.1 Å². The molecule has 3 nitrogen and oxygen atoms in total. The van der Waals surface area contributed by atoms with E-state index in [9.17, 15) is 0 Å². The molecule has 1 aromatic rings. The minimum atomic E-state index is -0.108. The lowest BCUT2D eigenvalue weighted by atomic mass is 10.2. The molecule has 0 aromatic heterocycles. The van der Waals surface area contributed by atoms with E-state index in [1.807, 2.05) is 0 Å². The van der Waals surface area contributed by atoms with E-state index in [0.717, 1.165) is 25.5 Å². The van der Waals surface area contributed by atoms with Gasteiger partial charge in [-0.15, -0.1) is 0 Å². The fraction of sp³-hybridized carbons (Fsp3) is 0.538. The van der Waals surface area contributed by atoms with Gasteiger partial charge in [-0.2, -0.15) is 0 Å². The topological polar surface area (TPSA) is 27.7 Å². The molecule has 0 aliphatic carbocycles. The monoisotopic (exact) mass is 506 g/mol. The van der Waals surface area contributed by atoms with Crippen molar-refractivity contribution in [2.24, 2.45) is 0 Å². The third kappa shape index (κ3) is 4.95. The zero-order chi connectivity index (χ0) is 13.8.